The lowest BCUT2D eigenvalue weighted by Crippen LogP contribution is -2.14. The van der Waals surface area contributed by atoms with Crippen molar-refractivity contribution in [1.29, 1.82) is 0 Å². The van der Waals surface area contributed by atoms with Gasteiger partial charge in [0.25, 0.3) is 0 Å². The van der Waals surface area contributed by atoms with Gasteiger partial charge in [-0.3, -0.25) is 14.9 Å². The first-order chi connectivity index (χ1) is 11.6. The molecule has 0 bridgehead atoms. The van der Waals surface area contributed by atoms with Crippen LogP contribution in [0.1, 0.15) is 0 Å². The molecule has 0 radical (unpaired) electrons. The van der Waals surface area contributed by atoms with Crippen LogP contribution < -0.4 is 5.32 Å². The molecular weight excluding hydrogens is 369 g/mol. The number of halogens is 2. The summed E-state index contributed by atoms with van der Waals surface area (Å²) in [7, 11) is 0. The summed E-state index contributed by atoms with van der Waals surface area (Å²) < 4.78 is 0. The monoisotopic (exact) mass is 379 g/mol. The van der Waals surface area contributed by atoms with E-state index in [1.165, 1.54) is 11.8 Å². The standard InChI is InChI=1S/C15H11Cl2N5OS/c16-10-3-4-12(11(17)6-10)19-13(23)8-24-15-20-14(21-22-15)9-2-1-5-18-7-9/h1-7H,8H2,(H,19,23)(H,20,21,22). The predicted octanol–water partition coefficient (Wildman–Crippen LogP) is 3.90. The number of aromatic nitrogens is 4. The Bertz CT molecular complexity index is 856. The first kappa shape index (κ1) is 16.8. The number of carbonyl (C=O) groups is 1. The lowest BCUT2D eigenvalue weighted by molar-refractivity contribution is -0.113. The average molecular weight is 380 g/mol. The highest BCUT2D eigenvalue weighted by atomic mass is 35.5. The van der Waals surface area contributed by atoms with Crippen LogP contribution in [0.3, 0.4) is 0 Å². The third-order valence-corrected chi connectivity index (χ3v) is 4.33. The molecule has 0 unspecified atom stereocenters. The van der Waals surface area contributed by atoms with Crippen LogP contribution in [-0.2, 0) is 4.79 Å². The maximum Gasteiger partial charge on any atom is 0.234 e. The molecule has 0 aliphatic heterocycles. The molecular formula is C15H11Cl2N5OS. The lowest BCUT2D eigenvalue weighted by Gasteiger charge is -2.06. The smallest absolute Gasteiger partial charge is 0.234 e. The van der Waals surface area contributed by atoms with Crippen molar-refractivity contribution in [1.82, 2.24) is 20.2 Å². The van der Waals surface area contributed by atoms with E-state index in [-0.39, 0.29) is 11.7 Å². The van der Waals surface area contributed by atoms with Crippen LogP contribution in [0.25, 0.3) is 11.4 Å². The average Bonchev–Trinajstić information content (AvgIpc) is 3.05. The molecule has 0 fully saturated rings. The number of hydrogen-bond acceptors (Lipinski definition) is 5. The molecule has 0 aliphatic rings. The topological polar surface area (TPSA) is 83.6 Å². The molecule has 0 atom stereocenters. The Morgan fingerprint density at radius 3 is 2.92 bits per heavy atom. The summed E-state index contributed by atoms with van der Waals surface area (Å²) in [6.45, 7) is 0. The number of H-pyrrole nitrogens is 1. The Kier molecular flexibility index (Phi) is 5.34. The van der Waals surface area contributed by atoms with Crippen molar-refractivity contribution < 1.29 is 4.79 Å². The predicted molar refractivity (Wildman–Crippen MR) is 95.4 cm³/mol. The molecule has 1 aromatic carbocycles. The zero-order chi connectivity index (χ0) is 16.9. The molecule has 3 rings (SSSR count). The van der Waals surface area contributed by atoms with E-state index in [1.54, 1.807) is 30.6 Å². The minimum absolute atomic E-state index is 0.156. The van der Waals surface area contributed by atoms with Gasteiger partial charge in [-0.15, -0.1) is 5.10 Å². The highest BCUT2D eigenvalue weighted by molar-refractivity contribution is 7.99. The molecule has 0 saturated carbocycles. The van der Waals surface area contributed by atoms with Crippen LogP contribution in [0.5, 0.6) is 0 Å². The van der Waals surface area contributed by atoms with Crippen molar-refractivity contribution in [3.63, 3.8) is 0 Å². The van der Waals surface area contributed by atoms with Gasteiger partial charge in [0.1, 0.15) is 0 Å². The maximum absolute atomic E-state index is 12.0. The van der Waals surface area contributed by atoms with Gasteiger partial charge in [-0.1, -0.05) is 35.0 Å². The molecule has 0 saturated heterocycles. The minimum Gasteiger partial charge on any atom is -0.324 e. The third kappa shape index (κ3) is 4.25. The summed E-state index contributed by atoms with van der Waals surface area (Å²) in [6, 6.07) is 8.57. The highest BCUT2D eigenvalue weighted by Gasteiger charge is 2.10. The number of anilines is 1. The van der Waals surface area contributed by atoms with Crippen molar-refractivity contribution in [2.75, 3.05) is 11.1 Å². The quantitative estimate of drug-likeness (QED) is 0.656. The van der Waals surface area contributed by atoms with E-state index in [2.05, 4.69) is 25.5 Å². The van der Waals surface area contributed by atoms with Crippen LogP contribution in [0.15, 0.2) is 47.9 Å². The summed E-state index contributed by atoms with van der Waals surface area (Å²) in [5.74, 6) is 0.548. The van der Waals surface area contributed by atoms with Gasteiger partial charge in [0, 0.05) is 23.0 Å². The number of benzene rings is 1. The summed E-state index contributed by atoms with van der Waals surface area (Å²) in [6.07, 6.45) is 3.37. The largest absolute Gasteiger partial charge is 0.324 e. The fourth-order valence-corrected chi connectivity index (χ4v) is 2.90. The number of amides is 1. The first-order valence-electron chi connectivity index (χ1n) is 6.82. The second-order valence-corrected chi connectivity index (χ2v) is 6.46. The second-order valence-electron chi connectivity index (χ2n) is 4.67. The van der Waals surface area contributed by atoms with E-state index in [1.807, 2.05) is 12.1 Å². The number of hydrogen-bond donors (Lipinski definition) is 2. The molecule has 6 nitrogen and oxygen atoms in total. The Labute approximate surface area is 152 Å². The van der Waals surface area contributed by atoms with Gasteiger partial charge in [0.15, 0.2) is 5.82 Å². The van der Waals surface area contributed by atoms with E-state index in [0.29, 0.717) is 26.7 Å². The van der Waals surface area contributed by atoms with Gasteiger partial charge in [-0.25, -0.2) is 4.98 Å². The highest BCUT2D eigenvalue weighted by Crippen LogP contribution is 2.26. The molecule has 2 heterocycles. The van der Waals surface area contributed by atoms with E-state index >= 15 is 0 Å². The number of nitrogens with zero attached hydrogens (tertiary/aromatic N) is 3. The maximum atomic E-state index is 12.0. The molecule has 0 spiro atoms. The Morgan fingerprint density at radius 2 is 2.17 bits per heavy atom. The van der Waals surface area contributed by atoms with Gasteiger partial charge in [0.2, 0.25) is 11.1 Å². The van der Waals surface area contributed by atoms with E-state index in [0.717, 1.165) is 5.56 Å². The van der Waals surface area contributed by atoms with Crippen molar-refractivity contribution in [2.24, 2.45) is 0 Å². The summed E-state index contributed by atoms with van der Waals surface area (Å²) in [4.78, 5) is 20.3. The molecule has 24 heavy (non-hydrogen) atoms. The normalized spacial score (nSPS) is 10.6. The van der Waals surface area contributed by atoms with Crippen LogP contribution in [-0.4, -0.2) is 31.8 Å². The van der Waals surface area contributed by atoms with Crippen molar-refractivity contribution in [3.8, 4) is 11.4 Å². The number of carbonyl (C=O) groups excluding carboxylic acids is 1. The molecule has 3 aromatic rings. The van der Waals surface area contributed by atoms with E-state index < -0.39 is 0 Å². The van der Waals surface area contributed by atoms with Gasteiger partial charge in [0.05, 0.1) is 16.5 Å². The molecule has 122 valence electrons. The molecule has 9 heteroatoms. The zero-order valence-corrected chi connectivity index (χ0v) is 14.5. The fraction of sp³-hybridized carbons (Fsp3) is 0.0667. The molecule has 2 aromatic heterocycles. The van der Waals surface area contributed by atoms with Gasteiger partial charge < -0.3 is 5.32 Å². The second kappa shape index (κ2) is 7.65. The number of thioether (sulfide) groups is 1. The Balaban J connectivity index is 1.58. The molecule has 0 aliphatic carbocycles. The van der Waals surface area contributed by atoms with Crippen molar-refractivity contribution >= 4 is 46.6 Å². The SMILES string of the molecule is O=C(CSc1n[nH]c(-c2cccnc2)n1)Nc1ccc(Cl)cc1Cl. The van der Waals surface area contributed by atoms with E-state index in [9.17, 15) is 4.79 Å². The summed E-state index contributed by atoms with van der Waals surface area (Å²) >= 11 is 13.1. The first-order valence-corrected chi connectivity index (χ1v) is 8.56. The van der Waals surface area contributed by atoms with Gasteiger partial charge >= 0.3 is 0 Å². The minimum atomic E-state index is -0.211. The fourth-order valence-electron chi connectivity index (χ4n) is 1.85. The van der Waals surface area contributed by atoms with Crippen molar-refractivity contribution in [3.05, 3.63) is 52.8 Å². The zero-order valence-electron chi connectivity index (χ0n) is 12.2. The number of aromatic amines is 1. The molecule has 1 amide bonds. The van der Waals surface area contributed by atoms with Crippen LogP contribution >= 0.6 is 35.0 Å². The van der Waals surface area contributed by atoms with Crippen LogP contribution in [0.4, 0.5) is 5.69 Å². The Hall–Kier alpha value is -2.09. The number of pyridine rings is 1. The number of nitrogens with one attached hydrogen (secondary N) is 2. The van der Waals surface area contributed by atoms with Crippen LogP contribution in [0, 0.1) is 0 Å². The summed E-state index contributed by atoms with van der Waals surface area (Å²) in [5.41, 5.74) is 1.34. The lowest BCUT2D eigenvalue weighted by atomic mass is 10.3. The summed E-state index contributed by atoms with van der Waals surface area (Å²) in [5, 5.41) is 11.0. The Morgan fingerprint density at radius 1 is 1.29 bits per heavy atom. The third-order valence-electron chi connectivity index (χ3n) is 2.94. The number of rotatable bonds is 5. The van der Waals surface area contributed by atoms with E-state index in [4.69, 9.17) is 23.2 Å². The van der Waals surface area contributed by atoms with Crippen molar-refractivity contribution in [2.45, 2.75) is 5.16 Å². The van der Waals surface area contributed by atoms with Crippen LogP contribution in [0.2, 0.25) is 10.0 Å². The van der Waals surface area contributed by atoms with Gasteiger partial charge in [-0.2, -0.15) is 0 Å². The molecule has 2 N–H and O–H groups in total. The van der Waals surface area contributed by atoms with Gasteiger partial charge in [-0.05, 0) is 30.3 Å².